The molecule has 0 aromatic heterocycles. The fourth-order valence-electron chi connectivity index (χ4n) is 3.31. The number of piperidine rings is 1. The molecule has 2 fully saturated rings. The summed E-state index contributed by atoms with van der Waals surface area (Å²) in [4.78, 5) is 14.3. The smallest absolute Gasteiger partial charge is 0.256 e. The van der Waals surface area contributed by atoms with Crippen molar-refractivity contribution in [3.63, 3.8) is 0 Å². The highest BCUT2D eigenvalue weighted by Crippen LogP contribution is 2.27. The lowest BCUT2D eigenvalue weighted by Gasteiger charge is -2.40. The van der Waals surface area contributed by atoms with Gasteiger partial charge < -0.3 is 20.1 Å². The number of methoxy groups -OCH3 is 1. The molecule has 1 saturated carbocycles. The normalized spacial score (nSPS) is 24.8. The SMILES string of the molecule is COc1ccc(F)c(CN2CCC[C@@](O)(CNC3CCC3)C2=O)c1. The first-order chi connectivity index (χ1) is 11.5. The molecule has 3 rings (SSSR count). The van der Waals surface area contributed by atoms with Crippen LogP contribution in [0.15, 0.2) is 18.2 Å². The van der Waals surface area contributed by atoms with Crippen molar-refractivity contribution in [3.8, 4) is 5.75 Å². The molecular formula is C18H25FN2O3. The molecule has 0 unspecified atom stereocenters. The van der Waals surface area contributed by atoms with E-state index in [0.29, 0.717) is 36.7 Å². The molecule has 1 aromatic carbocycles. The Balaban J connectivity index is 1.68. The summed E-state index contributed by atoms with van der Waals surface area (Å²) in [6, 6.07) is 4.90. The number of aliphatic hydroxyl groups is 1. The van der Waals surface area contributed by atoms with Crippen LogP contribution in [-0.2, 0) is 11.3 Å². The van der Waals surface area contributed by atoms with Crippen LogP contribution in [0, 0.1) is 5.82 Å². The van der Waals surface area contributed by atoms with Crippen molar-refractivity contribution >= 4 is 5.91 Å². The maximum atomic E-state index is 14.0. The van der Waals surface area contributed by atoms with Gasteiger partial charge in [0.05, 0.1) is 7.11 Å². The number of halogens is 1. The fraction of sp³-hybridized carbons (Fsp3) is 0.611. The van der Waals surface area contributed by atoms with Crippen LogP contribution in [0.5, 0.6) is 5.75 Å². The van der Waals surface area contributed by atoms with Crippen molar-refractivity contribution in [2.45, 2.75) is 50.3 Å². The highest BCUT2D eigenvalue weighted by atomic mass is 19.1. The number of carbonyl (C=O) groups excluding carboxylic acids is 1. The summed E-state index contributed by atoms with van der Waals surface area (Å²) in [6.07, 6.45) is 4.56. The molecule has 1 aromatic rings. The molecule has 24 heavy (non-hydrogen) atoms. The second-order valence-electron chi connectivity index (χ2n) is 6.83. The van der Waals surface area contributed by atoms with Gasteiger partial charge in [0.25, 0.3) is 5.91 Å². The quantitative estimate of drug-likeness (QED) is 0.832. The van der Waals surface area contributed by atoms with Gasteiger partial charge in [-0.1, -0.05) is 6.42 Å². The van der Waals surface area contributed by atoms with Gasteiger partial charge in [-0.25, -0.2) is 4.39 Å². The highest BCUT2D eigenvalue weighted by Gasteiger charge is 2.42. The van der Waals surface area contributed by atoms with Gasteiger partial charge in [0.2, 0.25) is 0 Å². The number of nitrogens with one attached hydrogen (secondary N) is 1. The van der Waals surface area contributed by atoms with E-state index in [2.05, 4.69) is 5.32 Å². The molecule has 1 amide bonds. The molecule has 1 atom stereocenters. The summed E-state index contributed by atoms with van der Waals surface area (Å²) in [6.45, 7) is 0.947. The van der Waals surface area contributed by atoms with Crippen molar-refractivity contribution in [2.24, 2.45) is 0 Å². The lowest BCUT2D eigenvalue weighted by Crippen LogP contribution is -2.59. The van der Waals surface area contributed by atoms with Crippen LogP contribution in [-0.4, -0.2) is 47.8 Å². The van der Waals surface area contributed by atoms with Gasteiger partial charge in [0.15, 0.2) is 5.60 Å². The Hall–Kier alpha value is -1.66. The van der Waals surface area contributed by atoms with E-state index in [1.54, 1.807) is 17.0 Å². The molecule has 0 spiro atoms. The van der Waals surface area contributed by atoms with Gasteiger partial charge in [-0.15, -0.1) is 0 Å². The Morgan fingerprint density at radius 1 is 1.42 bits per heavy atom. The lowest BCUT2D eigenvalue weighted by molar-refractivity contribution is -0.157. The van der Waals surface area contributed by atoms with Crippen LogP contribution in [0.3, 0.4) is 0 Å². The molecule has 5 nitrogen and oxygen atoms in total. The first-order valence-corrected chi connectivity index (χ1v) is 8.59. The number of benzene rings is 1. The Bertz CT molecular complexity index is 606. The average Bonchev–Trinajstić information content (AvgIpc) is 2.52. The molecule has 1 heterocycles. The molecular weight excluding hydrogens is 311 g/mol. The third kappa shape index (κ3) is 3.54. The van der Waals surface area contributed by atoms with Crippen LogP contribution < -0.4 is 10.1 Å². The third-order valence-corrected chi connectivity index (χ3v) is 5.11. The number of nitrogens with zero attached hydrogens (tertiary/aromatic N) is 1. The zero-order valence-corrected chi connectivity index (χ0v) is 14.1. The number of hydrogen-bond acceptors (Lipinski definition) is 4. The first-order valence-electron chi connectivity index (χ1n) is 8.59. The topological polar surface area (TPSA) is 61.8 Å². The van der Waals surface area contributed by atoms with Gasteiger partial charge in [0, 0.05) is 31.2 Å². The summed E-state index contributed by atoms with van der Waals surface area (Å²) in [5.41, 5.74) is -0.984. The largest absolute Gasteiger partial charge is 0.497 e. The van der Waals surface area contributed by atoms with Crippen LogP contribution in [0.2, 0.25) is 0 Å². The molecule has 0 radical (unpaired) electrons. The molecule has 2 aliphatic rings. The van der Waals surface area contributed by atoms with Crippen molar-refractivity contribution < 1.29 is 19.0 Å². The summed E-state index contributed by atoms with van der Waals surface area (Å²) < 4.78 is 19.1. The van der Waals surface area contributed by atoms with Gasteiger partial charge in [-0.05, 0) is 43.9 Å². The number of amides is 1. The summed E-state index contributed by atoms with van der Waals surface area (Å²) >= 11 is 0. The summed E-state index contributed by atoms with van der Waals surface area (Å²) in [5, 5.41) is 14.0. The zero-order chi connectivity index (χ0) is 17.2. The predicted octanol–water partition coefficient (Wildman–Crippen LogP) is 1.83. The number of hydrogen-bond donors (Lipinski definition) is 2. The number of rotatable bonds is 6. The summed E-state index contributed by atoms with van der Waals surface area (Å²) in [5.74, 6) is -0.133. The van der Waals surface area contributed by atoms with Crippen LogP contribution in [0.25, 0.3) is 0 Å². The number of carbonyl (C=O) groups is 1. The van der Waals surface area contributed by atoms with E-state index in [1.165, 1.54) is 19.6 Å². The Morgan fingerprint density at radius 3 is 2.88 bits per heavy atom. The minimum absolute atomic E-state index is 0.146. The van der Waals surface area contributed by atoms with E-state index in [1.807, 2.05) is 0 Å². The lowest BCUT2D eigenvalue weighted by atomic mass is 9.88. The van der Waals surface area contributed by atoms with Gasteiger partial charge >= 0.3 is 0 Å². The Kier molecular flexibility index (Phi) is 5.06. The molecule has 6 heteroatoms. The van der Waals surface area contributed by atoms with Crippen LogP contribution in [0.4, 0.5) is 4.39 Å². The molecule has 1 aliphatic heterocycles. The molecule has 1 aliphatic carbocycles. The van der Waals surface area contributed by atoms with E-state index in [4.69, 9.17) is 4.74 Å². The second-order valence-corrected chi connectivity index (χ2v) is 6.83. The number of likely N-dealkylation sites (tertiary alicyclic amines) is 1. The van der Waals surface area contributed by atoms with E-state index in [-0.39, 0.29) is 24.8 Å². The standard InChI is InChI=1S/C18H25FN2O3/c1-24-15-6-7-16(19)13(10-15)11-21-9-3-8-18(23,17(21)22)12-20-14-4-2-5-14/h6-7,10,14,20,23H,2-5,8-9,11-12H2,1H3/t18-/m1/s1. The molecule has 0 bridgehead atoms. The van der Waals surface area contributed by atoms with E-state index in [9.17, 15) is 14.3 Å². The van der Waals surface area contributed by atoms with E-state index >= 15 is 0 Å². The zero-order valence-electron chi connectivity index (χ0n) is 14.1. The van der Waals surface area contributed by atoms with Crippen molar-refractivity contribution in [1.82, 2.24) is 10.2 Å². The second kappa shape index (κ2) is 7.07. The first kappa shape index (κ1) is 17.2. The monoisotopic (exact) mass is 336 g/mol. The van der Waals surface area contributed by atoms with Crippen molar-refractivity contribution in [2.75, 3.05) is 20.2 Å². The Morgan fingerprint density at radius 2 is 2.21 bits per heavy atom. The number of ether oxygens (including phenoxy) is 1. The average molecular weight is 336 g/mol. The van der Waals surface area contributed by atoms with Crippen LogP contribution in [0.1, 0.15) is 37.7 Å². The minimum Gasteiger partial charge on any atom is -0.497 e. The van der Waals surface area contributed by atoms with Crippen LogP contribution >= 0.6 is 0 Å². The molecule has 132 valence electrons. The van der Waals surface area contributed by atoms with Gasteiger partial charge in [0.1, 0.15) is 11.6 Å². The summed E-state index contributed by atoms with van der Waals surface area (Å²) in [7, 11) is 1.52. The molecule has 2 N–H and O–H groups in total. The van der Waals surface area contributed by atoms with E-state index < -0.39 is 5.60 Å². The highest BCUT2D eigenvalue weighted by molar-refractivity contribution is 5.86. The fourth-order valence-corrected chi connectivity index (χ4v) is 3.31. The maximum absolute atomic E-state index is 14.0. The molecule has 1 saturated heterocycles. The third-order valence-electron chi connectivity index (χ3n) is 5.11. The van der Waals surface area contributed by atoms with E-state index in [0.717, 1.165) is 12.8 Å². The maximum Gasteiger partial charge on any atom is 0.256 e. The Labute approximate surface area is 141 Å². The predicted molar refractivity (Wildman–Crippen MR) is 88.2 cm³/mol. The van der Waals surface area contributed by atoms with Crippen molar-refractivity contribution in [1.29, 1.82) is 0 Å². The van der Waals surface area contributed by atoms with Gasteiger partial charge in [-0.3, -0.25) is 4.79 Å². The minimum atomic E-state index is -1.39. The van der Waals surface area contributed by atoms with Crippen molar-refractivity contribution in [3.05, 3.63) is 29.6 Å². The van der Waals surface area contributed by atoms with Gasteiger partial charge in [-0.2, -0.15) is 0 Å².